The Hall–Kier alpha value is -4.57. The quantitative estimate of drug-likeness (QED) is 0.0784. The molecule has 0 saturated heterocycles. The number of esters is 1. The van der Waals surface area contributed by atoms with E-state index in [0.717, 1.165) is 12.7 Å². The number of carbonyl (C=O) groups is 3. The van der Waals surface area contributed by atoms with Crippen LogP contribution >= 0.6 is 0 Å². The Labute approximate surface area is 301 Å². The second kappa shape index (κ2) is 39.9. The van der Waals surface area contributed by atoms with E-state index in [1.807, 2.05) is 56.8 Å². The summed E-state index contributed by atoms with van der Waals surface area (Å²) in [6, 6.07) is -0.0221. The zero-order valence-electron chi connectivity index (χ0n) is 32.4. The minimum atomic E-state index is -0.942. The molecule has 1 aliphatic carbocycles. The number of hydrogen-bond donors (Lipinski definition) is 6. The van der Waals surface area contributed by atoms with E-state index in [-0.39, 0.29) is 31.5 Å². The molecule has 2 atom stereocenters. The van der Waals surface area contributed by atoms with E-state index in [1.165, 1.54) is 36.9 Å². The number of nitrogens with one attached hydrogen (secondary N) is 4. The summed E-state index contributed by atoms with van der Waals surface area (Å²) in [7, 11) is 5.02. The topological polar surface area (TPSA) is 242 Å². The lowest BCUT2D eigenvalue weighted by Crippen LogP contribution is -2.45. The molecule has 0 aromatic carbocycles. The predicted molar refractivity (Wildman–Crippen MR) is 199 cm³/mol. The molecule has 1 fully saturated rings. The van der Waals surface area contributed by atoms with Crippen LogP contribution in [0.3, 0.4) is 0 Å². The number of aliphatic hydroxyl groups is 2. The Morgan fingerprint density at radius 1 is 1.04 bits per heavy atom. The molecule has 0 aliphatic heterocycles. The first kappa shape index (κ1) is 55.8. The van der Waals surface area contributed by atoms with E-state index in [0.29, 0.717) is 23.3 Å². The average molecular weight is 733 g/mol. The second-order valence-corrected chi connectivity index (χ2v) is 10.1. The third kappa shape index (κ3) is 36.5. The van der Waals surface area contributed by atoms with E-state index in [4.69, 9.17) is 19.7 Å². The molecule has 1 aromatic heterocycles. The van der Waals surface area contributed by atoms with Crippen LogP contribution in [0.4, 0.5) is 4.79 Å². The van der Waals surface area contributed by atoms with E-state index in [2.05, 4.69) is 22.7 Å². The zero-order chi connectivity index (χ0) is 40.8. The Bertz CT molecular complexity index is 1240. The Morgan fingerprint density at radius 3 is 1.84 bits per heavy atom. The number of aliphatic hydroxyl groups excluding tert-OH is 2. The van der Waals surface area contributed by atoms with Crippen LogP contribution in [0.5, 0.6) is 0 Å². The number of rotatable bonds is 12. The van der Waals surface area contributed by atoms with Crippen molar-refractivity contribution in [3.05, 3.63) is 62.0 Å². The highest BCUT2D eigenvalue weighted by Gasteiger charge is 2.14. The normalized spacial score (nSPS) is 11.2. The lowest BCUT2D eigenvalue weighted by molar-refractivity contribution is -0.149. The molecule has 2 unspecified atom stereocenters. The summed E-state index contributed by atoms with van der Waals surface area (Å²) in [5.74, 6) is 1.01. The first-order chi connectivity index (χ1) is 24.2. The Kier molecular flexibility index (Phi) is 43.6. The van der Waals surface area contributed by atoms with Gasteiger partial charge in [0.25, 0.3) is 0 Å². The molecule has 17 heteroatoms. The molecule has 6 N–H and O–H groups in total. The molecule has 1 heterocycles. The lowest BCUT2D eigenvalue weighted by atomic mass is 9.92. The van der Waals surface area contributed by atoms with Gasteiger partial charge in [-0.3, -0.25) is 19.6 Å². The van der Waals surface area contributed by atoms with E-state index in [1.54, 1.807) is 40.0 Å². The number of aromatic nitrogens is 3. The van der Waals surface area contributed by atoms with Gasteiger partial charge in [-0.1, -0.05) is 59.3 Å². The largest absolute Gasteiger partial charge is 0.461 e. The number of methoxy groups -OCH3 is 1. The van der Waals surface area contributed by atoms with Gasteiger partial charge in [-0.15, -0.1) is 6.58 Å². The third-order valence-electron chi connectivity index (χ3n) is 5.56. The third-order valence-corrected chi connectivity index (χ3v) is 5.56. The van der Waals surface area contributed by atoms with Gasteiger partial charge in [0.2, 0.25) is 6.41 Å². The number of amides is 3. The van der Waals surface area contributed by atoms with Crippen LogP contribution in [-0.4, -0.2) is 107 Å². The summed E-state index contributed by atoms with van der Waals surface area (Å²) in [5, 5.41) is 20.5. The number of H-pyrrole nitrogens is 2. The van der Waals surface area contributed by atoms with E-state index >= 15 is 0 Å². The van der Waals surface area contributed by atoms with Crippen LogP contribution in [0.1, 0.15) is 81.1 Å². The monoisotopic (exact) mass is 732 g/mol. The van der Waals surface area contributed by atoms with Crippen molar-refractivity contribution in [2.75, 3.05) is 41.0 Å². The molecule has 1 aliphatic rings. The zero-order valence-corrected chi connectivity index (χ0v) is 32.4. The molecule has 296 valence electrons. The van der Waals surface area contributed by atoms with Crippen molar-refractivity contribution in [1.29, 1.82) is 0 Å². The molecule has 0 spiro atoms. The van der Waals surface area contributed by atoms with Gasteiger partial charge in [-0.25, -0.2) is 28.5 Å². The Morgan fingerprint density at radius 2 is 1.55 bits per heavy atom. The van der Waals surface area contributed by atoms with Gasteiger partial charge in [0, 0.05) is 27.7 Å². The van der Waals surface area contributed by atoms with Crippen molar-refractivity contribution in [2.24, 2.45) is 5.92 Å². The van der Waals surface area contributed by atoms with Gasteiger partial charge >= 0.3 is 29.1 Å². The first-order valence-corrected chi connectivity index (χ1v) is 16.7. The van der Waals surface area contributed by atoms with Crippen LogP contribution < -0.4 is 27.7 Å². The predicted octanol–water partition coefficient (Wildman–Crippen LogP) is 1.88. The van der Waals surface area contributed by atoms with Crippen molar-refractivity contribution in [3.8, 4) is 0 Å². The smallest absolute Gasteiger partial charge is 0.334 e. The summed E-state index contributed by atoms with van der Waals surface area (Å²) in [6.07, 6.45) is 8.99. The van der Waals surface area contributed by atoms with Crippen molar-refractivity contribution < 1.29 is 38.9 Å². The van der Waals surface area contributed by atoms with Gasteiger partial charge in [0.05, 0.1) is 31.6 Å². The molecule has 2 rings (SSSR count). The van der Waals surface area contributed by atoms with Crippen LogP contribution in [-0.2, 0) is 30.4 Å². The van der Waals surface area contributed by atoms with Gasteiger partial charge in [-0.2, -0.15) is 0 Å². The van der Waals surface area contributed by atoms with Crippen molar-refractivity contribution in [2.45, 2.75) is 99.8 Å². The number of allylic oxidation sites excluding steroid dienone is 1. The number of nitrogens with zero attached hydrogens (tertiary/aromatic N) is 2. The molecule has 51 heavy (non-hydrogen) atoms. The highest BCUT2D eigenvalue weighted by atomic mass is 16.5. The molecule has 17 nitrogen and oxygen atoms in total. The summed E-state index contributed by atoms with van der Waals surface area (Å²) in [4.78, 5) is 79.9. The summed E-state index contributed by atoms with van der Waals surface area (Å²) >= 11 is 0. The second-order valence-electron chi connectivity index (χ2n) is 10.1. The van der Waals surface area contributed by atoms with Crippen LogP contribution in [0.25, 0.3) is 0 Å². The first-order valence-electron chi connectivity index (χ1n) is 16.7. The van der Waals surface area contributed by atoms with Gasteiger partial charge in [0.15, 0.2) is 0 Å². The van der Waals surface area contributed by atoms with Crippen LogP contribution in [0.2, 0.25) is 0 Å². The fraction of sp³-hybridized carbons (Fsp3) is 0.647. The molecule has 1 saturated carbocycles. The maximum absolute atomic E-state index is 11.6. The van der Waals surface area contributed by atoms with Crippen LogP contribution in [0.15, 0.2) is 44.9 Å². The standard InChI is InChI=1S/C11H17N3O5.C9H16N2O.C4H10O2.C3H3NO2.C3H6O.2C2H6/c1-6(2)4-7(3)19-8(15)5-14-10(17)12-9(16)13-11(14)18;1-10-9(12)11(2)7-6-8-4-3-5-8;1-4(3-5)6-2;5-2-1-4-3-6;1-2-3-4;2*1-2/h6-7H,4-5H2,1-3H3,(H2,12,13,16,17,18);6H,3-5,7H2,1-2H3,(H,10,12);4-5H,3H2,1-2H3;1,3H,(H,4,6);2,4H,1,3H2;2*1-2H3. The molecule has 0 radical (unpaired) electrons. The number of ether oxygens (including phenoxy) is 2. The highest BCUT2D eigenvalue weighted by Crippen LogP contribution is 2.24. The van der Waals surface area contributed by atoms with Crippen molar-refractivity contribution >= 4 is 24.4 Å². The molecule has 1 aromatic rings. The minimum absolute atomic E-state index is 0.00926. The van der Waals surface area contributed by atoms with Gasteiger partial charge in [0.1, 0.15) is 12.5 Å². The number of urea groups is 1. The maximum atomic E-state index is 11.6. The number of hydrogen-bond acceptors (Lipinski definition) is 11. The SMILES string of the molecule is C=CCO.CC.CC.CC(C)CC(C)OC(=O)Cn1c(=O)[nH]c(=O)[nH]c1=O.CNC(=O)N(C)CC=C1CCC1.COC(C)CO.O=C=CNC=O. The number of carbonyl (C=O) groups excluding carboxylic acids is 4. The Balaban J connectivity index is -0.000000188. The van der Waals surface area contributed by atoms with E-state index < -0.39 is 29.6 Å². The summed E-state index contributed by atoms with van der Waals surface area (Å²) < 4.78 is 10.3. The summed E-state index contributed by atoms with van der Waals surface area (Å²) in [5.41, 5.74) is -1.30. The minimum Gasteiger partial charge on any atom is -0.461 e. The van der Waals surface area contributed by atoms with E-state index in [9.17, 15) is 28.8 Å². The van der Waals surface area contributed by atoms with Gasteiger partial charge < -0.3 is 35.2 Å². The molecule has 3 amide bonds. The fourth-order valence-corrected chi connectivity index (χ4v) is 2.97. The molecular formula is C34H64N6O11. The van der Waals surface area contributed by atoms with Crippen molar-refractivity contribution in [3.63, 3.8) is 0 Å². The fourth-order valence-electron chi connectivity index (χ4n) is 2.97. The number of likely N-dealkylation sites (N-methyl/N-ethyl adjacent to an activating group) is 1. The van der Waals surface area contributed by atoms with Gasteiger partial charge in [-0.05, 0) is 45.4 Å². The molecule has 0 bridgehead atoms. The summed E-state index contributed by atoms with van der Waals surface area (Å²) in [6.45, 7) is 19.1. The van der Waals surface area contributed by atoms with Crippen LogP contribution in [0, 0.1) is 5.92 Å². The number of aromatic amines is 2. The molecular weight excluding hydrogens is 668 g/mol. The van der Waals surface area contributed by atoms with Crippen molar-refractivity contribution in [1.82, 2.24) is 30.1 Å². The maximum Gasteiger partial charge on any atom is 0.334 e. The highest BCUT2D eigenvalue weighted by molar-refractivity contribution is 5.73. The lowest BCUT2D eigenvalue weighted by Gasteiger charge is -2.19. The average Bonchev–Trinajstić information content (AvgIpc) is 3.09.